The molecule has 5 nitrogen and oxygen atoms in total. The number of nitrogens with zero attached hydrogens (tertiary/aromatic N) is 4. The molecule has 0 atom stereocenters. The van der Waals surface area contributed by atoms with Gasteiger partial charge in [0.15, 0.2) is 10.6 Å². The topological polar surface area (TPSA) is 35.2 Å². The molecule has 3 rings (SSSR count). The molecule has 3 aromatic rings. The number of rotatable bonds is 7. The van der Waals surface area contributed by atoms with Crippen LogP contribution in [0.2, 0.25) is 0 Å². The molecule has 0 spiro atoms. The number of halogens is 2. The first kappa shape index (κ1) is 20.2. The average Bonchev–Trinajstić information content (AvgIpc) is 2.98. The van der Waals surface area contributed by atoms with Crippen molar-refractivity contribution in [1.82, 2.24) is 19.2 Å². The van der Waals surface area contributed by atoms with Crippen LogP contribution in [0, 0.1) is 16.4 Å². The fourth-order valence-corrected chi connectivity index (χ4v) is 3.11. The summed E-state index contributed by atoms with van der Waals surface area (Å²) in [5.74, 6) is 0.360. The van der Waals surface area contributed by atoms with Gasteiger partial charge in [0.2, 0.25) is 0 Å². The molecule has 0 amide bonds. The van der Waals surface area contributed by atoms with Crippen LogP contribution in [0.1, 0.15) is 12.5 Å². The smallest absolute Gasteiger partial charge is 0.199 e. The Kier molecular flexibility index (Phi) is 6.21. The maximum absolute atomic E-state index is 14.0. The Labute approximate surface area is 167 Å². The van der Waals surface area contributed by atoms with Crippen molar-refractivity contribution in [3.8, 4) is 17.1 Å². The number of methoxy groups -OCH3 is 1. The van der Waals surface area contributed by atoms with Crippen LogP contribution in [0.5, 0.6) is 5.75 Å². The standard InChI is InChI=1S/C20H22F2N4OS/c1-4-25(12-16-17(21)6-5-7-18(16)22)13-26-20(28)24(2)19(23-26)14-8-10-15(27-3)11-9-14/h5-11H,4,12-13H2,1-3H3. The third-order valence-electron chi connectivity index (χ3n) is 4.61. The Hall–Kier alpha value is -2.58. The molecule has 0 saturated carbocycles. The molecule has 0 aliphatic carbocycles. The summed E-state index contributed by atoms with van der Waals surface area (Å²) in [6, 6.07) is 11.4. The van der Waals surface area contributed by atoms with E-state index in [1.807, 2.05) is 47.7 Å². The number of aromatic nitrogens is 3. The van der Waals surface area contributed by atoms with Crippen molar-refractivity contribution >= 4 is 12.2 Å². The lowest BCUT2D eigenvalue weighted by Gasteiger charge is -2.20. The first-order valence-corrected chi connectivity index (χ1v) is 9.29. The lowest BCUT2D eigenvalue weighted by molar-refractivity contribution is 0.202. The molecule has 148 valence electrons. The summed E-state index contributed by atoms with van der Waals surface area (Å²) in [6.07, 6.45) is 0. The van der Waals surface area contributed by atoms with E-state index < -0.39 is 11.6 Å². The van der Waals surface area contributed by atoms with Gasteiger partial charge in [-0.15, -0.1) is 0 Å². The molecule has 1 heterocycles. The molecule has 0 fully saturated rings. The number of hydrogen-bond acceptors (Lipinski definition) is 4. The minimum atomic E-state index is -0.554. The van der Waals surface area contributed by atoms with Gasteiger partial charge in [-0.05, 0) is 55.2 Å². The molecule has 0 unspecified atom stereocenters. The van der Waals surface area contributed by atoms with E-state index in [9.17, 15) is 8.78 Å². The molecule has 28 heavy (non-hydrogen) atoms. The molecular weight excluding hydrogens is 382 g/mol. The van der Waals surface area contributed by atoms with Crippen molar-refractivity contribution in [1.29, 1.82) is 0 Å². The summed E-state index contributed by atoms with van der Waals surface area (Å²) in [4.78, 5) is 1.88. The second kappa shape index (κ2) is 8.62. The molecule has 0 saturated heterocycles. The molecular formula is C20H22F2N4OS. The van der Waals surface area contributed by atoms with Crippen molar-refractivity contribution < 1.29 is 13.5 Å². The van der Waals surface area contributed by atoms with Gasteiger partial charge in [-0.25, -0.2) is 13.5 Å². The van der Waals surface area contributed by atoms with Crippen molar-refractivity contribution in [3.63, 3.8) is 0 Å². The first-order chi connectivity index (χ1) is 13.4. The summed E-state index contributed by atoms with van der Waals surface area (Å²) in [5.41, 5.74) is 0.943. The summed E-state index contributed by atoms with van der Waals surface area (Å²) in [6.45, 7) is 2.97. The lowest BCUT2D eigenvalue weighted by Crippen LogP contribution is -2.27. The van der Waals surface area contributed by atoms with E-state index in [1.165, 1.54) is 18.2 Å². The molecule has 8 heteroatoms. The summed E-state index contributed by atoms with van der Waals surface area (Å²) >= 11 is 5.51. The zero-order valence-corrected chi connectivity index (χ0v) is 16.8. The molecule has 0 aliphatic rings. The van der Waals surface area contributed by atoms with Gasteiger partial charge >= 0.3 is 0 Å². The predicted octanol–water partition coefficient (Wildman–Crippen LogP) is 4.38. The van der Waals surface area contributed by atoms with Gasteiger partial charge in [-0.1, -0.05) is 13.0 Å². The molecule has 0 aliphatic heterocycles. The summed E-state index contributed by atoms with van der Waals surface area (Å²) in [7, 11) is 3.46. The summed E-state index contributed by atoms with van der Waals surface area (Å²) < 4.78 is 37.2. The zero-order chi connectivity index (χ0) is 20.3. The highest BCUT2D eigenvalue weighted by molar-refractivity contribution is 7.71. The van der Waals surface area contributed by atoms with E-state index in [0.717, 1.165) is 11.3 Å². The highest BCUT2D eigenvalue weighted by atomic mass is 32.1. The lowest BCUT2D eigenvalue weighted by atomic mass is 10.2. The number of benzene rings is 2. The molecule has 1 aromatic heterocycles. The second-order valence-electron chi connectivity index (χ2n) is 6.38. The van der Waals surface area contributed by atoms with E-state index >= 15 is 0 Å². The van der Waals surface area contributed by atoms with Crippen LogP contribution in [0.25, 0.3) is 11.4 Å². The monoisotopic (exact) mass is 404 g/mol. The fourth-order valence-electron chi connectivity index (χ4n) is 2.93. The van der Waals surface area contributed by atoms with Crippen LogP contribution in [0.3, 0.4) is 0 Å². The van der Waals surface area contributed by atoms with Crippen molar-refractivity contribution in [3.05, 3.63) is 64.4 Å². The molecule has 2 aromatic carbocycles. The normalized spacial score (nSPS) is 11.2. The van der Waals surface area contributed by atoms with Crippen LogP contribution in [-0.4, -0.2) is 32.9 Å². The largest absolute Gasteiger partial charge is 0.497 e. The highest BCUT2D eigenvalue weighted by Crippen LogP contribution is 2.21. The minimum absolute atomic E-state index is 0.0437. The Bertz CT molecular complexity index is 994. The van der Waals surface area contributed by atoms with Crippen molar-refractivity contribution in [2.24, 2.45) is 7.05 Å². The van der Waals surface area contributed by atoms with E-state index in [-0.39, 0.29) is 12.1 Å². The minimum Gasteiger partial charge on any atom is -0.497 e. The van der Waals surface area contributed by atoms with Gasteiger partial charge in [-0.2, -0.15) is 5.10 Å². The predicted molar refractivity (Wildman–Crippen MR) is 106 cm³/mol. The maximum atomic E-state index is 14.0. The molecule has 0 N–H and O–H groups in total. The van der Waals surface area contributed by atoms with Gasteiger partial charge in [-0.3, -0.25) is 4.90 Å². The van der Waals surface area contributed by atoms with E-state index in [0.29, 0.717) is 23.8 Å². The van der Waals surface area contributed by atoms with Gasteiger partial charge in [0.25, 0.3) is 0 Å². The average molecular weight is 404 g/mol. The third-order valence-corrected chi connectivity index (χ3v) is 5.10. The Morgan fingerprint density at radius 2 is 1.75 bits per heavy atom. The van der Waals surface area contributed by atoms with Gasteiger partial charge in [0, 0.05) is 24.7 Å². The SMILES string of the molecule is CCN(Cc1c(F)cccc1F)Cn1nc(-c2ccc(OC)cc2)n(C)c1=S. The van der Waals surface area contributed by atoms with Gasteiger partial charge < -0.3 is 9.30 Å². The Morgan fingerprint density at radius 1 is 1.11 bits per heavy atom. The summed E-state index contributed by atoms with van der Waals surface area (Å²) in [5, 5.41) is 4.61. The van der Waals surface area contributed by atoms with Crippen LogP contribution in [-0.2, 0) is 20.3 Å². The van der Waals surface area contributed by atoms with E-state index in [2.05, 4.69) is 5.10 Å². The Balaban J connectivity index is 1.86. The Morgan fingerprint density at radius 3 is 2.32 bits per heavy atom. The van der Waals surface area contributed by atoms with Crippen LogP contribution in [0.15, 0.2) is 42.5 Å². The zero-order valence-electron chi connectivity index (χ0n) is 16.0. The van der Waals surface area contributed by atoms with Crippen molar-refractivity contribution in [2.45, 2.75) is 20.1 Å². The van der Waals surface area contributed by atoms with Gasteiger partial charge in [0.05, 0.1) is 13.8 Å². The first-order valence-electron chi connectivity index (χ1n) is 8.88. The third kappa shape index (κ3) is 4.13. The van der Waals surface area contributed by atoms with Crippen molar-refractivity contribution in [2.75, 3.05) is 13.7 Å². The van der Waals surface area contributed by atoms with Gasteiger partial charge in [0.1, 0.15) is 17.4 Å². The van der Waals surface area contributed by atoms with Crippen LogP contribution >= 0.6 is 12.2 Å². The molecule has 0 bridgehead atoms. The highest BCUT2D eigenvalue weighted by Gasteiger charge is 2.16. The molecule has 0 radical (unpaired) electrons. The van der Waals surface area contributed by atoms with Crippen LogP contribution in [0.4, 0.5) is 8.78 Å². The number of ether oxygens (including phenoxy) is 1. The fraction of sp³-hybridized carbons (Fsp3) is 0.300. The number of hydrogen-bond donors (Lipinski definition) is 0. The quantitative estimate of drug-likeness (QED) is 0.548. The van der Waals surface area contributed by atoms with Crippen LogP contribution < -0.4 is 4.74 Å². The van der Waals surface area contributed by atoms with E-state index in [1.54, 1.807) is 11.8 Å². The maximum Gasteiger partial charge on any atom is 0.199 e. The van der Waals surface area contributed by atoms with E-state index in [4.69, 9.17) is 17.0 Å². The second-order valence-corrected chi connectivity index (χ2v) is 6.75.